The molecular formula is H4O4SSi. The van der Waals surface area contributed by atoms with Crippen molar-refractivity contribution >= 4 is 21.6 Å². The smallest absolute Gasteiger partial charge is 0.269 e. The van der Waals surface area contributed by atoms with Crippen LogP contribution < -0.4 is 0 Å². The lowest BCUT2D eigenvalue weighted by Crippen LogP contribution is -1.77. The second kappa shape index (κ2) is 1.19. The van der Waals surface area contributed by atoms with E-state index in [1.807, 2.05) is 0 Å². The molecule has 0 radical (unpaired) electrons. The molecule has 0 atom stereocenters. The van der Waals surface area contributed by atoms with Crippen LogP contribution in [-0.4, -0.2) is 15.0 Å². The summed E-state index contributed by atoms with van der Waals surface area (Å²) in [6.45, 7) is 0. The van der Waals surface area contributed by atoms with Gasteiger partial charge >= 0.3 is 0 Å². The summed E-state index contributed by atoms with van der Waals surface area (Å²) in [6.07, 6.45) is 0. The Bertz CT molecular complexity index is 58.6. The summed E-state index contributed by atoms with van der Waals surface area (Å²) in [6, 6.07) is 0. The van der Waals surface area contributed by atoms with Crippen LogP contribution in [0.1, 0.15) is 0 Å². The molecule has 0 bridgehead atoms. The zero-order valence-corrected chi connectivity index (χ0v) is 5.90. The normalized spacial score (nSPS) is 32.8. The molecule has 0 aliphatic carbocycles. The fraction of sp³-hybridized carbons (Fsp3) is 0. The van der Waals surface area contributed by atoms with Crippen LogP contribution in [0.25, 0.3) is 0 Å². The molecule has 0 aromatic carbocycles. The lowest BCUT2D eigenvalue weighted by Gasteiger charge is -1.93. The summed E-state index contributed by atoms with van der Waals surface area (Å²) in [5.41, 5.74) is 0. The van der Waals surface area contributed by atoms with Crippen LogP contribution in [0.4, 0.5) is 0 Å². The molecule has 1 heterocycles. The van der Waals surface area contributed by atoms with E-state index in [-0.39, 0.29) is 0 Å². The SMILES string of the molecule is OS1(O[SiH3])OO1. The van der Waals surface area contributed by atoms with E-state index in [2.05, 4.69) is 12.5 Å². The topological polar surface area (TPSA) is 54.5 Å². The molecule has 6 heteroatoms. The minimum absolute atomic E-state index is 0.448. The third-order valence-corrected chi connectivity index (χ3v) is 2.45. The van der Waals surface area contributed by atoms with Gasteiger partial charge in [-0.05, 0) is 0 Å². The Kier molecular flexibility index (Phi) is 0.902. The van der Waals surface area contributed by atoms with Gasteiger partial charge in [-0.2, -0.15) is 0 Å². The van der Waals surface area contributed by atoms with E-state index >= 15 is 0 Å². The van der Waals surface area contributed by atoms with E-state index in [0.717, 1.165) is 0 Å². The maximum absolute atomic E-state index is 8.39. The van der Waals surface area contributed by atoms with E-state index in [9.17, 15) is 0 Å². The van der Waals surface area contributed by atoms with E-state index in [0.29, 0.717) is 10.5 Å². The summed E-state index contributed by atoms with van der Waals surface area (Å²) in [7, 11) is 0.448. The Morgan fingerprint density at radius 1 is 1.67 bits per heavy atom. The highest BCUT2D eigenvalue weighted by atomic mass is 32.3. The lowest BCUT2D eigenvalue weighted by atomic mass is 15.0. The maximum atomic E-state index is 8.39. The van der Waals surface area contributed by atoms with Crippen molar-refractivity contribution in [2.45, 2.75) is 0 Å². The van der Waals surface area contributed by atoms with Crippen molar-refractivity contribution in [2.75, 3.05) is 0 Å². The lowest BCUT2D eigenvalue weighted by molar-refractivity contribution is 0.0850. The molecule has 1 fully saturated rings. The maximum Gasteiger partial charge on any atom is 0.269 e. The van der Waals surface area contributed by atoms with Crippen LogP contribution in [0.2, 0.25) is 0 Å². The van der Waals surface area contributed by atoms with Crippen molar-refractivity contribution in [2.24, 2.45) is 0 Å². The first-order valence-corrected chi connectivity index (χ1v) is 3.44. The van der Waals surface area contributed by atoms with Crippen LogP contribution in [0.5, 0.6) is 0 Å². The second-order valence-electron chi connectivity index (χ2n) is 0.730. The van der Waals surface area contributed by atoms with Crippen LogP contribution in [0.3, 0.4) is 0 Å². The Labute approximate surface area is 39.6 Å². The summed E-state index contributed by atoms with van der Waals surface area (Å²) < 4.78 is 20.8. The summed E-state index contributed by atoms with van der Waals surface area (Å²) in [5, 5.41) is 0. The number of hydrogen-bond acceptors (Lipinski definition) is 4. The minimum Gasteiger partial charge on any atom is -0.325 e. The first kappa shape index (κ1) is 4.56. The first-order valence-electron chi connectivity index (χ1n) is 1.26. The summed E-state index contributed by atoms with van der Waals surface area (Å²) in [4.78, 5) is 0. The molecular weight excluding hydrogens is 124 g/mol. The minimum atomic E-state index is -2.35. The molecule has 6 heavy (non-hydrogen) atoms. The molecule has 0 aromatic rings. The average Bonchev–Trinajstić information content (AvgIpc) is 2.22. The van der Waals surface area contributed by atoms with Gasteiger partial charge in [0.1, 0.15) is 0 Å². The second-order valence-corrected chi connectivity index (χ2v) is 3.19. The average molecular weight is 128 g/mol. The Morgan fingerprint density at radius 2 is 2.17 bits per heavy atom. The Hall–Kier alpha value is 0.407. The molecule has 1 saturated heterocycles. The molecule has 0 unspecified atom stereocenters. The third kappa shape index (κ3) is 0.724. The van der Waals surface area contributed by atoms with E-state index in [4.69, 9.17) is 4.55 Å². The molecule has 0 spiro atoms. The molecule has 0 aromatic heterocycles. The van der Waals surface area contributed by atoms with Gasteiger partial charge < -0.3 is 3.87 Å². The van der Waals surface area contributed by atoms with E-state index in [1.54, 1.807) is 0 Å². The van der Waals surface area contributed by atoms with Gasteiger partial charge in [-0.1, -0.05) is 8.67 Å². The predicted molar refractivity (Wildman–Crippen MR) is 23.4 cm³/mol. The molecule has 1 aliphatic rings. The van der Waals surface area contributed by atoms with Crippen LogP contribution in [0, 0.1) is 0 Å². The fourth-order valence-electron chi connectivity index (χ4n) is 0.0793. The zero-order valence-electron chi connectivity index (χ0n) is 3.08. The van der Waals surface area contributed by atoms with Gasteiger partial charge in [0.15, 0.2) is 10.5 Å². The van der Waals surface area contributed by atoms with Gasteiger partial charge in [-0.15, -0.1) is 0 Å². The summed E-state index contributed by atoms with van der Waals surface area (Å²) in [5.74, 6) is 0. The van der Waals surface area contributed by atoms with Gasteiger partial charge in [0, 0.05) is 0 Å². The molecule has 1 aliphatic heterocycles. The monoisotopic (exact) mass is 128 g/mol. The molecule has 1 N–H and O–H groups in total. The fourth-order valence-corrected chi connectivity index (χ4v) is 0.714. The molecule has 1 rings (SSSR count). The van der Waals surface area contributed by atoms with Crippen molar-refractivity contribution in [3.63, 3.8) is 0 Å². The largest absolute Gasteiger partial charge is 0.325 e. The zero-order chi connectivity index (χ0) is 4.62. The van der Waals surface area contributed by atoms with Gasteiger partial charge in [0.05, 0.1) is 0 Å². The van der Waals surface area contributed by atoms with Crippen molar-refractivity contribution in [1.29, 1.82) is 0 Å². The quantitative estimate of drug-likeness (QED) is 0.287. The van der Waals surface area contributed by atoms with E-state index < -0.39 is 11.2 Å². The van der Waals surface area contributed by atoms with Crippen molar-refractivity contribution in [1.82, 2.24) is 0 Å². The number of hydrogen-bond donors (Lipinski definition) is 1. The van der Waals surface area contributed by atoms with Crippen molar-refractivity contribution < 1.29 is 17.1 Å². The highest BCUT2D eigenvalue weighted by molar-refractivity contribution is 8.20. The highest BCUT2D eigenvalue weighted by Gasteiger charge is 2.41. The predicted octanol–water partition coefficient (Wildman–Crippen LogP) is -0.732. The van der Waals surface area contributed by atoms with Gasteiger partial charge in [-0.3, -0.25) is 4.55 Å². The molecule has 4 nitrogen and oxygen atoms in total. The van der Waals surface area contributed by atoms with Crippen LogP contribution >= 0.6 is 11.2 Å². The molecule has 38 valence electrons. The molecule has 0 amide bonds. The van der Waals surface area contributed by atoms with Gasteiger partial charge in [0.2, 0.25) is 0 Å². The summed E-state index contributed by atoms with van der Waals surface area (Å²) >= 11 is -2.35. The highest BCUT2D eigenvalue weighted by Crippen LogP contribution is 2.61. The third-order valence-electron chi connectivity index (χ3n) is 0.395. The van der Waals surface area contributed by atoms with E-state index in [1.165, 1.54) is 0 Å². The Morgan fingerprint density at radius 3 is 2.17 bits per heavy atom. The van der Waals surface area contributed by atoms with Crippen molar-refractivity contribution in [3.05, 3.63) is 0 Å². The van der Waals surface area contributed by atoms with Crippen LogP contribution in [0.15, 0.2) is 0 Å². The van der Waals surface area contributed by atoms with Gasteiger partial charge in [0.25, 0.3) is 11.2 Å². The number of rotatable bonds is 1. The Balaban J connectivity index is 2.28. The van der Waals surface area contributed by atoms with Crippen molar-refractivity contribution in [3.8, 4) is 0 Å². The van der Waals surface area contributed by atoms with Gasteiger partial charge in [-0.25, -0.2) is 0 Å². The standard InChI is InChI=1S/H4O4SSi/c1-5(4-6)2-3-5/h1H,6H3. The first-order chi connectivity index (χ1) is 2.77. The molecule has 0 saturated carbocycles. The van der Waals surface area contributed by atoms with Crippen LogP contribution in [-0.2, 0) is 12.5 Å².